The van der Waals surface area contributed by atoms with Crippen molar-refractivity contribution in [3.8, 4) is 34.5 Å². The van der Waals surface area contributed by atoms with E-state index in [2.05, 4.69) is 13.8 Å². The van der Waals surface area contributed by atoms with Gasteiger partial charge in [-0.05, 0) is 32.8 Å². The van der Waals surface area contributed by atoms with Crippen molar-refractivity contribution in [3.05, 3.63) is 34.9 Å². The van der Waals surface area contributed by atoms with Gasteiger partial charge in [0.2, 0.25) is 6.79 Å². The summed E-state index contributed by atoms with van der Waals surface area (Å²) in [6, 6.07) is 5.95. The van der Waals surface area contributed by atoms with Crippen molar-refractivity contribution in [1.82, 2.24) is 0 Å². The molecule has 2 aromatic rings. The van der Waals surface area contributed by atoms with Crippen LogP contribution >= 0.6 is 0 Å². The molecule has 4 aliphatic rings. The smallest absolute Gasteiger partial charge is 0.231 e. The first kappa shape index (κ1) is 16.2. The summed E-state index contributed by atoms with van der Waals surface area (Å²) >= 11 is 0. The Morgan fingerprint density at radius 2 is 1.75 bits per heavy atom. The van der Waals surface area contributed by atoms with Gasteiger partial charge in [-0.25, -0.2) is 0 Å². The molecule has 0 aromatic heterocycles. The van der Waals surface area contributed by atoms with Crippen LogP contribution in [-0.2, 0) is 6.42 Å². The molecule has 28 heavy (non-hydrogen) atoms. The summed E-state index contributed by atoms with van der Waals surface area (Å²) in [5, 5.41) is 0. The molecule has 4 aliphatic heterocycles. The lowest BCUT2D eigenvalue weighted by molar-refractivity contribution is 0.0808. The minimum absolute atomic E-state index is 0.0879. The number of rotatable bonds is 1. The van der Waals surface area contributed by atoms with Crippen LogP contribution in [0.3, 0.4) is 0 Å². The fourth-order valence-corrected chi connectivity index (χ4v) is 4.72. The third-order valence-corrected chi connectivity index (χ3v) is 6.14. The number of hydrogen-bond acceptors (Lipinski definition) is 6. The van der Waals surface area contributed by atoms with Gasteiger partial charge in [0.25, 0.3) is 0 Å². The van der Waals surface area contributed by atoms with E-state index in [0.717, 1.165) is 64.0 Å². The highest BCUT2D eigenvalue weighted by Gasteiger charge is 2.45. The van der Waals surface area contributed by atoms with Gasteiger partial charge in [0.05, 0.1) is 25.2 Å². The van der Waals surface area contributed by atoms with E-state index >= 15 is 0 Å². The molecule has 2 atom stereocenters. The van der Waals surface area contributed by atoms with Gasteiger partial charge in [-0.3, -0.25) is 0 Å². The number of benzene rings is 2. The zero-order valence-corrected chi connectivity index (χ0v) is 16.2. The van der Waals surface area contributed by atoms with E-state index in [-0.39, 0.29) is 24.4 Å². The summed E-state index contributed by atoms with van der Waals surface area (Å²) < 4.78 is 35.7. The predicted octanol–water partition coefficient (Wildman–Crippen LogP) is 4.14. The number of ether oxygens (including phenoxy) is 6. The van der Waals surface area contributed by atoms with Gasteiger partial charge in [0.1, 0.15) is 34.7 Å². The first-order chi connectivity index (χ1) is 13.5. The molecule has 6 heteroatoms. The molecule has 0 amide bonds. The molecule has 0 radical (unpaired) electrons. The number of fused-ring (bicyclic) bond motifs is 7. The van der Waals surface area contributed by atoms with Gasteiger partial charge in [0.15, 0.2) is 11.5 Å². The molecule has 0 saturated heterocycles. The molecule has 0 aliphatic carbocycles. The largest absolute Gasteiger partial charge is 0.496 e. The van der Waals surface area contributed by atoms with Crippen LogP contribution in [0.25, 0.3) is 0 Å². The summed E-state index contributed by atoms with van der Waals surface area (Å²) in [6.45, 7) is 5.01. The minimum atomic E-state index is -0.190. The van der Waals surface area contributed by atoms with Crippen LogP contribution in [0, 0.1) is 0 Å². The van der Waals surface area contributed by atoms with Crippen molar-refractivity contribution in [1.29, 1.82) is 0 Å². The van der Waals surface area contributed by atoms with Gasteiger partial charge in [-0.15, -0.1) is 0 Å². The van der Waals surface area contributed by atoms with E-state index in [1.54, 1.807) is 7.11 Å². The molecule has 4 heterocycles. The average Bonchev–Trinajstić information content (AvgIpc) is 3.26. The van der Waals surface area contributed by atoms with Gasteiger partial charge >= 0.3 is 0 Å². The maximum absolute atomic E-state index is 6.40. The monoisotopic (exact) mass is 382 g/mol. The highest BCUT2D eigenvalue weighted by atomic mass is 16.7. The van der Waals surface area contributed by atoms with Crippen LogP contribution in [-0.4, -0.2) is 26.1 Å². The maximum atomic E-state index is 6.40. The van der Waals surface area contributed by atoms with Crippen LogP contribution in [0.5, 0.6) is 34.5 Å². The minimum Gasteiger partial charge on any atom is -0.496 e. The Balaban J connectivity index is 1.47. The van der Waals surface area contributed by atoms with Crippen LogP contribution in [0.4, 0.5) is 0 Å². The quantitative estimate of drug-likeness (QED) is 0.739. The van der Waals surface area contributed by atoms with Crippen LogP contribution < -0.4 is 28.4 Å². The highest BCUT2D eigenvalue weighted by Crippen LogP contribution is 2.58. The Hall–Kier alpha value is -2.76. The van der Waals surface area contributed by atoms with Crippen LogP contribution in [0.15, 0.2) is 18.2 Å². The van der Waals surface area contributed by atoms with E-state index < -0.39 is 0 Å². The van der Waals surface area contributed by atoms with Crippen molar-refractivity contribution in [2.75, 3.05) is 20.5 Å². The van der Waals surface area contributed by atoms with E-state index in [9.17, 15) is 0 Å². The molecule has 0 N–H and O–H groups in total. The summed E-state index contributed by atoms with van der Waals surface area (Å²) in [5.41, 5.74) is 2.97. The third-order valence-electron chi connectivity index (χ3n) is 6.14. The molecule has 0 fully saturated rings. The predicted molar refractivity (Wildman–Crippen MR) is 100 cm³/mol. The summed E-state index contributed by atoms with van der Waals surface area (Å²) in [7, 11) is 1.71. The number of methoxy groups -OCH3 is 1. The normalized spacial score (nSPS) is 24.7. The van der Waals surface area contributed by atoms with Crippen LogP contribution in [0.2, 0.25) is 0 Å². The van der Waals surface area contributed by atoms with Crippen molar-refractivity contribution >= 4 is 0 Å². The Bertz CT molecular complexity index is 995. The highest BCUT2D eigenvalue weighted by molar-refractivity contribution is 5.63. The van der Waals surface area contributed by atoms with Crippen molar-refractivity contribution in [2.24, 2.45) is 0 Å². The summed E-state index contributed by atoms with van der Waals surface area (Å²) in [5.74, 6) is 4.86. The Labute approximate surface area is 163 Å². The SMILES string of the molecule is COc1c2c(cc3c1[C@H]1Oc4cc5c(cc4[C@H]1CO3)OCO5)OC(C)(C)CC2. The van der Waals surface area contributed by atoms with Crippen molar-refractivity contribution in [3.63, 3.8) is 0 Å². The van der Waals surface area contributed by atoms with E-state index in [0.29, 0.717) is 6.61 Å². The maximum Gasteiger partial charge on any atom is 0.231 e. The second-order valence-electron chi connectivity index (χ2n) is 8.36. The van der Waals surface area contributed by atoms with Gasteiger partial charge < -0.3 is 28.4 Å². The average molecular weight is 382 g/mol. The molecule has 0 unspecified atom stereocenters. The van der Waals surface area contributed by atoms with E-state index in [1.807, 2.05) is 18.2 Å². The van der Waals surface area contributed by atoms with E-state index in [1.165, 1.54) is 0 Å². The van der Waals surface area contributed by atoms with Gasteiger partial charge in [-0.2, -0.15) is 0 Å². The standard InChI is InChI=1S/C22H22O6/c1-22(2)5-4-11-15(28-22)8-18-19(20(11)23-3)21-13(9-24-18)12-6-16-17(26-10-25-16)7-14(12)27-21/h6-8,13,21H,4-5,9-10H2,1-3H3/t13-,21+/m1/s1. The van der Waals surface area contributed by atoms with Gasteiger partial charge in [-0.1, -0.05) is 0 Å². The lowest BCUT2D eigenvalue weighted by atomic mass is 9.85. The first-order valence-corrected chi connectivity index (χ1v) is 9.70. The molecule has 6 rings (SSSR count). The molecule has 2 aromatic carbocycles. The van der Waals surface area contributed by atoms with Crippen molar-refractivity contribution in [2.45, 2.75) is 44.3 Å². The fraction of sp³-hybridized carbons (Fsp3) is 0.455. The second kappa shape index (κ2) is 5.40. The lowest BCUT2D eigenvalue weighted by Gasteiger charge is -2.36. The summed E-state index contributed by atoms with van der Waals surface area (Å²) in [4.78, 5) is 0. The first-order valence-electron chi connectivity index (χ1n) is 9.70. The zero-order chi connectivity index (χ0) is 19.0. The molecule has 6 nitrogen and oxygen atoms in total. The molecular formula is C22H22O6. The Morgan fingerprint density at radius 1 is 0.964 bits per heavy atom. The lowest BCUT2D eigenvalue weighted by Crippen LogP contribution is -2.33. The molecule has 0 saturated carbocycles. The number of hydrogen-bond donors (Lipinski definition) is 0. The second-order valence-corrected chi connectivity index (χ2v) is 8.36. The summed E-state index contributed by atoms with van der Waals surface area (Å²) in [6.07, 6.45) is 1.68. The van der Waals surface area contributed by atoms with Crippen LogP contribution in [0.1, 0.15) is 49.0 Å². The third kappa shape index (κ3) is 2.14. The van der Waals surface area contributed by atoms with Gasteiger partial charge in [0, 0.05) is 23.3 Å². The molecule has 146 valence electrons. The topological polar surface area (TPSA) is 55.4 Å². The molecule has 0 spiro atoms. The fourth-order valence-electron chi connectivity index (χ4n) is 4.72. The molecule has 0 bridgehead atoms. The molecular weight excluding hydrogens is 360 g/mol. The van der Waals surface area contributed by atoms with E-state index in [4.69, 9.17) is 28.4 Å². The Morgan fingerprint density at radius 3 is 2.57 bits per heavy atom. The Kier molecular flexibility index (Phi) is 3.13. The van der Waals surface area contributed by atoms with Crippen molar-refractivity contribution < 1.29 is 28.4 Å². The zero-order valence-electron chi connectivity index (χ0n) is 16.2.